The number of halogens is 1. The van der Waals surface area contributed by atoms with Gasteiger partial charge in [-0.25, -0.2) is 9.18 Å². The molecule has 1 N–H and O–H groups in total. The van der Waals surface area contributed by atoms with Crippen molar-refractivity contribution in [3.05, 3.63) is 35.6 Å². The zero-order chi connectivity index (χ0) is 12.1. The smallest absolute Gasteiger partial charge is 0.317 e. The molecular formula is C13H17FN2O. The molecule has 0 bridgehead atoms. The number of nitrogens with zero attached hydrogens (tertiary/aromatic N) is 1. The number of hydrogen-bond donors (Lipinski definition) is 1. The summed E-state index contributed by atoms with van der Waals surface area (Å²) in [4.78, 5) is 13.6. The van der Waals surface area contributed by atoms with Crippen LogP contribution in [0.2, 0.25) is 0 Å². The summed E-state index contributed by atoms with van der Waals surface area (Å²) in [7, 11) is 0. The van der Waals surface area contributed by atoms with Gasteiger partial charge in [0.2, 0.25) is 0 Å². The fourth-order valence-electron chi connectivity index (χ4n) is 1.99. The molecule has 1 aromatic carbocycles. The SMILES string of the molecule is O=C(NCc1ccc(F)cc1)N1CCCCC1. The number of carbonyl (C=O) groups is 1. The second-order valence-electron chi connectivity index (χ2n) is 4.33. The van der Waals surface area contributed by atoms with E-state index in [0.29, 0.717) is 6.54 Å². The van der Waals surface area contributed by atoms with Crippen LogP contribution < -0.4 is 5.32 Å². The molecular weight excluding hydrogens is 219 g/mol. The van der Waals surface area contributed by atoms with Crippen LogP contribution in [0.5, 0.6) is 0 Å². The fourth-order valence-corrected chi connectivity index (χ4v) is 1.99. The van der Waals surface area contributed by atoms with Gasteiger partial charge in [0.1, 0.15) is 5.82 Å². The van der Waals surface area contributed by atoms with Gasteiger partial charge in [0.15, 0.2) is 0 Å². The van der Waals surface area contributed by atoms with Crippen molar-refractivity contribution in [3.63, 3.8) is 0 Å². The molecule has 0 unspecified atom stereocenters. The summed E-state index contributed by atoms with van der Waals surface area (Å²) in [6.45, 7) is 2.14. The van der Waals surface area contributed by atoms with Crippen LogP contribution in [0.1, 0.15) is 24.8 Å². The van der Waals surface area contributed by atoms with Crippen molar-refractivity contribution in [2.45, 2.75) is 25.8 Å². The van der Waals surface area contributed by atoms with Crippen molar-refractivity contribution in [3.8, 4) is 0 Å². The number of rotatable bonds is 2. The van der Waals surface area contributed by atoms with Crippen molar-refractivity contribution in [1.82, 2.24) is 10.2 Å². The summed E-state index contributed by atoms with van der Waals surface area (Å²) < 4.78 is 12.7. The van der Waals surface area contributed by atoms with E-state index >= 15 is 0 Å². The molecule has 92 valence electrons. The van der Waals surface area contributed by atoms with Gasteiger partial charge in [0, 0.05) is 19.6 Å². The van der Waals surface area contributed by atoms with E-state index in [4.69, 9.17) is 0 Å². The molecule has 0 saturated carbocycles. The van der Waals surface area contributed by atoms with Crippen LogP contribution in [0.4, 0.5) is 9.18 Å². The molecule has 0 atom stereocenters. The Hall–Kier alpha value is -1.58. The first kappa shape index (κ1) is 11.9. The first-order chi connectivity index (χ1) is 8.25. The average Bonchev–Trinajstić information content (AvgIpc) is 2.39. The second kappa shape index (κ2) is 5.66. The molecule has 17 heavy (non-hydrogen) atoms. The molecule has 1 saturated heterocycles. The highest BCUT2D eigenvalue weighted by molar-refractivity contribution is 5.74. The summed E-state index contributed by atoms with van der Waals surface area (Å²) >= 11 is 0. The number of benzene rings is 1. The molecule has 2 rings (SSSR count). The van der Waals surface area contributed by atoms with Crippen molar-refractivity contribution in [1.29, 1.82) is 0 Å². The summed E-state index contributed by atoms with van der Waals surface area (Å²) in [5, 5.41) is 2.85. The normalized spacial score (nSPS) is 15.7. The Bertz CT molecular complexity index is 372. The summed E-state index contributed by atoms with van der Waals surface area (Å²) in [6.07, 6.45) is 3.38. The number of nitrogens with one attached hydrogen (secondary N) is 1. The highest BCUT2D eigenvalue weighted by Crippen LogP contribution is 2.09. The number of likely N-dealkylation sites (tertiary alicyclic amines) is 1. The fraction of sp³-hybridized carbons (Fsp3) is 0.462. The predicted molar refractivity (Wildman–Crippen MR) is 64.1 cm³/mol. The van der Waals surface area contributed by atoms with Crippen LogP contribution in [-0.2, 0) is 6.54 Å². The maximum Gasteiger partial charge on any atom is 0.317 e. The molecule has 1 aliphatic rings. The molecule has 1 aliphatic heterocycles. The first-order valence-electron chi connectivity index (χ1n) is 6.03. The molecule has 1 heterocycles. The number of carbonyl (C=O) groups excluding carboxylic acids is 1. The van der Waals surface area contributed by atoms with Crippen molar-refractivity contribution in [2.24, 2.45) is 0 Å². The third-order valence-corrected chi connectivity index (χ3v) is 3.00. The minimum absolute atomic E-state index is 0.0194. The molecule has 0 aliphatic carbocycles. The zero-order valence-electron chi connectivity index (χ0n) is 9.79. The van der Waals surface area contributed by atoms with Crippen molar-refractivity contribution in [2.75, 3.05) is 13.1 Å². The Balaban J connectivity index is 1.81. The lowest BCUT2D eigenvalue weighted by Crippen LogP contribution is -2.42. The zero-order valence-corrected chi connectivity index (χ0v) is 9.79. The number of hydrogen-bond acceptors (Lipinski definition) is 1. The van der Waals surface area contributed by atoms with E-state index in [1.807, 2.05) is 4.90 Å². The summed E-state index contributed by atoms with van der Waals surface area (Å²) in [5.74, 6) is -0.254. The van der Waals surface area contributed by atoms with Gasteiger partial charge in [-0.1, -0.05) is 12.1 Å². The van der Waals surface area contributed by atoms with E-state index in [2.05, 4.69) is 5.32 Å². The van der Waals surface area contributed by atoms with E-state index in [1.165, 1.54) is 18.6 Å². The van der Waals surface area contributed by atoms with Crippen LogP contribution in [-0.4, -0.2) is 24.0 Å². The maximum absolute atomic E-state index is 12.7. The lowest BCUT2D eigenvalue weighted by Gasteiger charge is -2.26. The van der Waals surface area contributed by atoms with Crippen molar-refractivity contribution < 1.29 is 9.18 Å². The van der Waals surface area contributed by atoms with Gasteiger partial charge in [-0.2, -0.15) is 0 Å². The molecule has 2 amide bonds. The van der Waals surface area contributed by atoms with E-state index < -0.39 is 0 Å². The lowest BCUT2D eigenvalue weighted by atomic mass is 10.1. The van der Waals surface area contributed by atoms with Crippen LogP contribution in [0, 0.1) is 5.82 Å². The Kier molecular flexibility index (Phi) is 3.96. The van der Waals surface area contributed by atoms with Crippen LogP contribution in [0.25, 0.3) is 0 Å². The summed E-state index contributed by atoms with van der Waals surface area (Å²) in [6, 6.07) is 6.16. The Morgan fingerprint density at radius 2 is 1.82 bits per heavy atom. The van der Waals surface area contributed by atoms with Crippen LogP contribution >= 0.6 is 0 Å². The molecule has 0 radical (unpaired) electrons. The standard InChI is InChI=1S/C13H17FN2O/c14-12-6-4-11(5-7-12)10-15-13(17)16-8-2-1-3-9-16/h4-7H,1-3,8-10H2,(H,15,17). The van der Waals surface area contributed by atoms with Crippen LogP contribution in [0.15, 0.2) is 24.3 Å². The van der Waals surface area contributed by atoms with Crippen molar-refractivity contribution >= 4 is 6.03 Å². The predicted octanol–water partition coefficient (Wildman–Crippen LogP) is 2.52. The first-order valence-corrected chi connectivity index (χ1v) is 6.03. The van der Waals surface area contributed by atoms with Gasteiger partial charge < -0.3 is 10.2 Å². The average molecular weight is 236 g/mol. The van der Waals surface area contributed by atoms with E-state index in [-0.39, 0.29) is 11.8 Å². The Morgan fingerprint density at radius 1 is 1.18 bits per heavy atom. The lowest BCUT2D eigenvalue weighted by molar-refractivity contribution is 0.186. The highest BCUT2D eigenvalue weighted by Gasteiger charge is 2.15. The third-order valence-electron chi connectivity index (χ3n) is 3.00. The van der Waals surface area contributed by atoms with E-state index in [0.717, 1.165) is 31.5 Å². The molecule has 4 heteroatoms. The largest absolute Gasteiger partial charge is 0.334 e. The van der Waals surface area contributed by atoms with Gasteiger partial charge in [-0.3, -0.25) is 0 Å². The highest BCUT2D eigenvalue weighted by atomic mass is 19.1. The second-order valence-corrected chi connectivity index (χ2v) is 4.33. The van der Waals surface area contributed by atoms with Gasteiger partial charge >= 0.3 is 6.03 Å². The van der Waals surface area contributed by atoms with Gasteiger partial charge in [0.05, 0.1) is 0 Å². The van der Waals surface area contributed by atoms with Gasteiger partial charge in [-0.15, -0.1) is 0 Å². The monoisotopic (exact) mass is 236 g/mol. The molecule has 3 nitrogen and oxygen atoms in total. The maximum atomic E-state index is 12.7. The van der Waals surface area contributed by atoms with Crippen LogP contribution in [0.3, 0.4) is 0 Å². The third kappa shape index (κ3) is 3.44. The molecule has 1 fully saturated rings. The topological polar surface area (TPSA) is 32.3 Å². The minimum atomic E-state index is -0.254. The number of amides is 2. The quantitative estimate of drug-likeness (QED) is 0.840. The van der Waals surface area contributed by atoms with Gasteiger partial charge in [-0.05, 0) is 37.0 Å². The number of urea groups is 1. The van der Waals surface area contributed by atoms with Gasteiger partial charge in [0.25, 0.3) is 0 Å². The van der Waals surface area contributed by atoms with E-state index in [9.17, 15) is 9.18 Å². The van der Waals surface area contributed by atoms with E-state index in [1.54, 1.807) is 12.1 Å². The number of piperidine rings is 1. The minimum Gasteiger partial charge on any atom is -0.334 e. The molecule has 0 spiro atoms. The molecule has 1 aromatic rings. The molecule has 0 aromatic heterocycles. The Morgan fingerprint density at radius 3 is 2.47 bits per heavy atom. The summed E-state index contributed by atoms with van der Waals surface area (Å²) in [5.41, 5.74) is 0.914. The Labute approximate surface area is 101 Å².